The molecule has 0 saturated heterocycles. The first-order valence-electron chi connectivity index (χ1n) is 2.55. The van der Waals surface area contributed by atoms with Gasteiger partial charge >= 0.3 is 0 Å². The minimum absolute atomic E-state index is 0.00995. The molecule has 0 radical (unpaired) electrons. The summed E-state index contributed by atoms with van der Waals surface area (Å²) in [5, 5.41) is 0. The highest BCUT2D eigenvalue weighted by molar-refractivity contribution is 4.92. The van der Waals surface area contributed by atoms with Gasteiger partial charge in [-0.3, -0.25) is 0 Å². The Labute approximate surface area is 49.9 Å². The van der Waals surface area contributed by atoms with E-state index in [1.807, 2.05) is 6.92 Å². The Bertz CT molecular complexity index is 101. The molecule has 2 atom stereocenters. The summed E-state index contributed by atoms with van der Waals surface area (Å²) in [5.41, 5.74) is 13.4. The van der Waals surface area contributed by atoms with Gasteiger partial charge in [0.25, 0.3) is 0 Å². The quantitative estimate of drug-likeness (QED) is 0.494. The molecule has 0 fully saturated rings. The average Bonchev–Trinajstić information content (AvgIpc) is 1.67. The van der Waals surface area contributed by atoms with Gasteiger partial charge in [0.2, 0.25) is 0 Å². The topological polar surface area (TPSA) is 52.0 Å². The van der Waals surface area contributed by atoms with Crippen LogP contribution in [-0.2, 0) is 0 Å². The van der Waals surface area contributed by atoms with Crippen LogP contribution in [0, 0.1) is 0 Å². The lowest BCUT2D eigenvalue weighted by molar-refractivity contribution is 0.651. The van der Waals surface area contributed by atoms with Crippen LogP contribution in [-0.4, -0.2) is 12.1 Å². The fourth-order valence-electron chi connectivity index (χ4n) is 0.288. The molecule has 46 valence electrons. The highest BCUT2D eigenvalue weighted by atomic mass is 14.7. The zero-order valence-corrected chi connectivity index (χ0v) is 5.09. The largest absolute Gasteiger partial charge is 0.326 e. The third-order valence-corrected chi connectivity index (χ3v) is 0.917. The van der Waals surface area contributed by atoms with Gasteiger partial charge in [0.05, 0.1) is 0 Å². The molecular weight excluding hydrogens is 100 g/mol. The molecule has 0 saturated carbocycles. The van der Waals surface area contributed by atoms with Crippen molar-refractivity contribution in [3.63, 3.8) is 0 Å². The number of rotatable bonds is 2. The molecule has 2 nitrogen and oxygen atoms in total. The van der Waals surface area contributed by atoms with Crippen molar-refractivity contribution in [1.82, 2.24) is 0 Å². The molecule has 2 unspecified atom stereocenters. The van der Waals surface area contributed by atoms with E-state index >= 15 is 0 Å². The number of nitrogens with two attached hydrogens (primary N) is 2. The number of hydrogen-bond donors (Lipinski definition) is 2. The molecule has 8 heavy (non-hydrogen) atoms. The Morgan fingerprint density at radius 3 is 2.25 bits per heavy atom. The fraction of sp³-hybridized carbons (Fsp3) is 0.500. The van der Waals surface area contributed by atoms with Gasteiger partial charge in [0, 0.05) is 12.1 Å². The van der Waals surface area contributed by atoms with Crippen LogP contribution in [0.1, 0.15) is 6.92 Å². The lowest BCUT2D eigenvalue weighted by atomic mass is 10.2. The minimum Gasteiger partial charge on any atom is -0.326 e. The van der Waals surface area contributed by atoms with Gasteiger partial charge in [-0.15, -0.1) is 5.73 Å². The predicted octanol–water partition coefficient (Wildman–Crippen LogP) is 0.00200. The van der Waals surface area contributed by atoms with Crippen molar-refractivity contribution in [2.24, 2.45) is 11.5 Å². The maximum atomic E-state index is 5.44. The van der Waals surface area contributed by atoms with Crippen LogP contribution < -0.4 is 11.5 Å². The van der Waals surface area contributed by atoms with Gasteiger partial charge in [-0.25, -0.2) is 0 Å². The Morgan fingerprint density at radius 2 is 2.12 bits per heavy atom. The van der Waals surface area contributed by atoms with Crippen molar-refractivity contribution in [3.8, 4) is 0 Å². The van der Waals surface area contributed by atoms with E-state index in [1.165, 1.54) is 0 Å². The maximum absolute atomic E-state index is 5.44. The molecule has 0 aliphatic rings. The van der Waals surface area contributed by atoms with Crippen molar-refractivity contribution in [1.29, 1.82) is 0 Å². The van der Waals surface area contributed by atoms with Crippen LogP contribution in [0.4, 0.5) is 0 Å². The maximum Gasteiger partial charge on any atom is 0.0450 e. The van der Waals surface area contributed by atoms with E-state index in [-0.39, 0.29) is 12.1 Å². The van der Waals surface area contributed by atoms with E-state index in [9.17, 15) is 0 Å². The van der Waals surface area contributed by atoms with E-state index in [2.05, 4.69) is 12.3 Å². The zero-order valence-electron chi connectivity index (χ0n) is 5.09. The molecule has 0 spiro atoms. The zero-order chi connectivity index (χ0) is 6.57. The van der Waals surface area contributed by atoms with Crippen molar-refractivity contribution in [2.45, 2.75) is 19.0 Å². The standard InChI is InChI=1S/C6H12N2/c1-3-4-6(8)5(2)7/h4-6H,1,7-8H2,2H3. The monoisotopic (exact) mass is 112 g/mol. The van der Waals surface area contributed by atoms with Crippen molar-refractivity contribution in [2.75, 3.05) is 0 Å². The van der Waals surface area contributed by atoms with Crippen LogP contribution in [0.25, 0.3) is 0 Å². The van der Waals surface area contributed by atoms with Gasteiger partial charge in [0.15, 0.2) is 0 Å². The van der Waals surface area contributed by atoms with E-state index in [0.29, 0.717) is 0 Å². The normalized spacial score (nSPS) is 16.4. The fourth-order valence-corrected chi connectivity index (χ4v) is 0.288. The van der Waals surface area contributed by atoms with Crippen molar-refractivity contribution in [3.05, 3.63) is 18.4 Å². The number of hydrogen-bond acceptors (Lipinski definition) is 2. The molecule has 0 aromatic carbocycles. The third kappa shape index (κ3) is 2.59. The van der Waals surface area contributed by atoms with Gasteiger partial charge in [-0.2, -0.15) is 0 Å². The molecule has 2 heteroatoms. The molecule has 0 heterocycles. The smallest absolute Gasteiger partial charge is 0.0450 e. The summed E-state index contributed by atoms with van der Waals surface area (Å²) in [6, 6.07) is -0.114. The van der Waals surface area contributed by atoms with Crippen LogP contribution in [0.15, 0.2) is 18.4 Å². The second-order valence-electron chi connectivity index (χ2n) is 1.81. The molecule has 0 amide bonds. The summed E-state index contributed by atoms with van der Waals surface area (Å²) < 4.78 is 0. The second-order valence-corrected chi connectivity index (χ2v) is 1.81. The Kier molecular flexibility index (Phi) is 3.20. The van der Waals surface area contributed by atoms with E-state index < -0.39 is 0 Å². The Hall–Kier alpha value is -0.560. The summed E-state index contributed by atoms with van der Waals surface area (Å²) in [7, 11) is 0. The van der Waals surface area contributed by atoms with Crippen molar-refractivity contribution >= 4 is 0 Å². The molecule has 4 N–H and O–H groups in total. The van der Waals surface area contributed by atoms with Crippen LogP contribution in [0.3, 0.4) is 0 Å². The summed E-state index contributed by atoms with van der Waals surface area (Å²) in [6.45, 7) is 5.21. The highest BCUT2D eigenvalue weighted by Gasteiger charge is 2.00. The molecular formula is C6H12N2. The van der Waals surface area contributed by atoms with E-state index in [1.54, 1.807) is 6.08 Å². The summed E-state index contributed by atoms with van der Waals surface area (Å²) in [5.74, 6) is 0. The molecule has 0 aromatic heterocycles. The summed E-state index contributed by atoms with van der Waals surface area (Å²) >= 11 is 0. The van der Waals surface area contributed by atoms with Gasteiger partial charge < -0.3 is 11.5 Å². The first kappa shape index (κ1) is 7.44. The van der Waals surface area contributed by atoms with Crippen LogP contribution in [0.5, 0.6) is 0 Å². The molecule has 0 aromatic rings. The SMILES string of the molecule is C=C=CC(N)C(C)N. The predicted molar refractivity (Wildman–Crippen MR) is 35.3 cm³/mol. The average molecular weight is 112 g/mol. The molecule has 0 rings (SSSR count). The molecule has 0 aliphatic carbocycles. The Morgan fingerprint density at radius 1 is 1.62 bits per heavy atom. The highest BCUT2D eigenvalue weighted by Crippen LogP contribution is 1.83. The van der Waals surface area contributed by atoms with Crippen LogP contribution >= 0.6 is 0 Å². The molecule has 0 aliphatic heterocycles. The lowest BCUT2D eigenvalue weighted by Gasteiger charge is -2.07. The Balaban J connectivity index is 3.63. The van der Waals surface area contributed by atoms with E-state index in [4.69, 9.17) is 11.5 Å². The minimum atomic E-state index is -0.104. The van der Waals surface area contributed by atoms with Gasteiger partial charge in [-0.1, -0.05) is 6.58 Å². The second kappa shape index (κ2) is 3.44. The third-order valence-electron chi connectivity index (χ3n) is 0.917. The van der Waals surface area contributed by atoms with Gasteiger partial charge in [-0.05, 0) is 13.0 Å². The van der Waals surface area contributed by atoms with E-state index in [0.717, 1.165) is 0 Å². The first-order chi connectivity index (χ1) is 3.68. The van der Waals surface area contributed by atoms with Crippen LogP contribution in [0.2, 0.25) is 0 Å². The van der Waals surface area contributed by atoms with Gasteiger partial charge in [0.1, 0.15) is 0 Å². The van der Waals surface area contributed by atoms with Crippen molar-refractivity contribution < 1.29 is 0 Å². The summed E-state index contributed by atoms with van der Waals surface area (Å²) in [4.78, 5) is 0. The first-order valence-corrected chi connectivity index (χ1v) is 2.55. The summed E-state index contributed by atoms with van der Waals surface area (Å²) in [6.07, 6.45) is 1.66. The molecule has 0 bridgehead atoms. The lowest BCUT2D eigenvalue weighted by Crippen LogP contribution is -2.36.